The summed E-state index contributed by atoms with van der Waals surface area (Å²) in [4.78, 5) is 10.3. The number of hydrogen-bond acceptors (Lipinski definition) is 5. The fourth-order valence-corrected chi connectivity index (χ4v) is 1.75. The van der Waals surface area contributed by atoms with Gasteiger partial charge in [0.15, 0.2) is 0 Å². The Balaban J connectivity index is 2.15. The van der Waals surface area contributed by atoms with E-state index in [9.17, 15) is 5.26 Å². The van der Waals surface area contributed by atoms with Gasteiger partial charge in [-0.1, -0.05) is 0 Å². The fourth-order valence-electron chi connectivity index (χ4n) is 1.75. The van der Waals surface area contributed by atoms with E-state index in [-0.39, 0.29) is 6.04 Å². The average Bonchev–Trinajstić information content (AvgIpc) is 2.34. The van der Waals surface area contributed by atoms with Crippen LogP contribution in [0.2, 0.25) is 0 Å². The van der Waals surface area contributed by atoms with Crippen molar-refractivity contribution in [1.82, 2.24) is 14.9 Å². The van der Waals surface area contributed by atoms with E-state index >= 15 is 0 Å². The second-order valence-electron chi connectivity index (χ2n) is 3.74. The van der Waals surface area contributed by atoms with Crippen LogP contribution in [0.1, 0.15) is 17.4 Å². The first-order chi connectivity index (χ1) is 7.81. The van der Waals surface area contributed by atoms with Crippen molar-refractivity contribution in [2.24, 2.45) is 0 Å². The molecule has 2 rings (SSSR count). The maximum absolute atomic E-state index is 9.21. The summed E-state index contributed by atoms with van der Waals surface area (Å²) in [5, 5.41) is 9.21. The molecule has 16 heavy (non-hydrogen) atoms. The van der Waals surface area contributed by atoms with Crippen LogP contribution in [0.25, 0.3) is 0 Å². The first-order valence-corrected chi connectivity index (χ1v) is 5.31. The number of aryl methyl sites for hydroxylation is 1. The number of nitrogens with zero attached hydrogens (tertiary/aromatic N) is 4. The van der Waals surface area contributed by atoms with Crippen molar-refractivity contribution < 1.29 is 4.74 Å². The van der Waals surface area contributed by atoms with Crippen LogP contribution in [0, 0.1) is 18.3 Å². The van der Waals surface area contributed by atoms with E-state index in [4.69, 9.17) is 4.74 Å². The molecule has 84 valence electrons. The van der Waals surface area contributed by atoms with Gasteiger partial charge in [0.05, 0.1) is 19.3 Å². The Morgan fingerprint density at radius 2 is 2.00 bits per heavy atom. The van der Waals surface area contributed by atoms with Gasteiger partial charge < -0.3 is 4.74 Å². The van der Waals surface area contributed by atoms with Crippen molar-refractivity contribution >= 4 is 0 Å². The minimum atomic E-state index is -0.260. The molecule has 1 atom stereocenters. The smallest absolute Gasteiger partial charge is 0.127 e. The molecular formula is C11H14N4O. The van der Waals surface area contributed by atoms with Crippen LogP contribution in [0.3, 0.4) is 0 Å². The molecule has 1 saturated heterocycles. The predicted molar refractivity (Wildman–Crippen MR) is 57.5 cm³/mol. The number of aromatic nitrogens is 2. The molecule has 2 heterocycles. The molecule has 0 radical (unpaired) electrons. The number of hydrogen-bond donors (Lipinski definition) is 0. The van der Waals surface area contributed by atoms with Crippen molar-refractivity contribution in [1.29, 1.82) is 5.26 Å². The predicted octanol–water partition coefficient (Wildman–Crippen LogP) is 0.682. The molecule has 1 fully saturated rings. The number of morpholine rings is 1. The molecule has 0 bridgehead atoms. The van der Waals surface area contributed by atoms with Gasteiger partial charge in [-0.15, -0.1) is 0 Å². The van der Waals surface area contributed by atoms with Crippen molar-refractivity contribution in [2.45, 2.75) is 13.0 Å². The van der Waals surface area contributed by atoms with Gasteiger partial charge in [-0.05, 0) is 6.92 Å². The molecule has 0 unspecified atom stereocenters. The summed E-state index contributed by atoms with van der Waals surface area (Å²) in [6.07, 6.45) is 3.46. The summed E-state index contributed by atoms with van der Waals surface area (Å²) in [5.41, 5.74) is 0.856. The Labute approximate surface area is 94.7 Å². The molecule has 0 aromatic carbocycles. The lowest BCUT2D eigenvalue weighted by Crippen LogP contribution is -2.38. The average molecular weight is 218 g/mol. The minimum Gasteiger partial charge on any atom is -0.379 e. The highest BCUT2D eigenvalue weighted by Crippen LogP contribution is 2.19. The lowest BCUT2D eigenvalue weighted by atomic mass is 10.1. The first-order valence-electron chi connectivity index (χ1n) is 5.31. The minimum absolute atomic E-state index is 0.260. The van der Waals surface area contributed by atoms with Crippen molar-refractivity contribution in [3.8, 4) is 6.07 Å². The Kier molecular flexibility index (Phi) is 3.44. The van der Waals surface area contributed by atoms with Crippen LogP contribution < -0.4 is 0 Å². The van der Waals surface area contributed by atoms with E-state index in [1.807, 2.05) is 6.92 Å². The second-order valence-corrected chi connectivity index (χ2v) is 3.74. The standard InChI is InChI=1S/C11H14N4O/c1-9-13-7-10(8-14-9)11(6-12)15-2-4-16-5-3-15/h7-8,11H,2-5H2,1H3/t11-/m0/s1. The summed E-state index contributed by atoms with van der Waals surface area (Å²) in [5.74, 6) is 0.724. The molecule has 1 aromatic rings. The maximum Gasteiger partial charge on any atom is 0.127 e. The van der Waals surface area contributed by atoms with Gasteiger partial charge >= 0.3 is 0 Å². The van der Waals surface area contributed by atoms with Gasteiger partial charge in [0.2, 0.25) is 0 Å². The molecule has 0 aliphatic carbocycles. The van der Waals surface area contributed by atoms with Gasteiger partial charge in [-0.3, -0.25) is 4.90 Å². The highest BCUT2D eigenvalue weighted by molar-refractivity contribution is 5.18. The Morgan fingerprint density at radius 1 is 1.38 bits per heavy atom. The van der Waals surface area contributed by atoms with Gasteiger partial charge in [0, 0.05) is 31.0 Å². The zero-order chi connectivity index (χ0) is 11.4. The Hall–Kier alpha value is -1.51. The van der Waals surface area contributed by atoms with E-state index < -0.39 is 0 Å². The third-order valence-corrected chi connectivity index (χ3v) is 2.65. The lowest BCUT2D eigenvalue weighted by Gasteiger charge is -2.30. The zero-order valence-corrected chi connectivity index (χ0v) is 9.26. The summed E-state index contributed by atoms with van der Waals surface area (Å²) in [6, 6.07) is 2.04. The summed E-state index contributed by atoms with van der Waals surface area (Å²) in [7, 11) is 0. The number of rotatable bonds is 2. The van der Waals surface area contributed by atoms with Crippen molar-refractivity contribution in [3.63, 3.8) is 0 Å². The van der Waals surface area contributed by atoms with Gasteiger partial charge in [-0.2, -0.15) is 5.26 Å². The molecule has 1 aliphatic heterocycles. The Morgan fingerprint density at radius 3 is 2.56 bits per heavy atom. The third-order valence-electron chi connectivity index (χ3n) is 2.65. The molecule has 0 N–H and O–H groups in total. The lowest BCUT2D eigenvalue weighted by molar-refractivity contribution is 0.0265. The topological polar surface area (TPSA) is 62.0 Å². The Bertz CT molecular complexity index is 378. The van der Waals surface area contributed by atoms with Crippen LogP contribution in [0.4, 0.5) is 0 Å². The van der Waals surface area contributed by atoms with Crippen molar-refractivity contribution in [3.05, 3.63) is 23.8 Å². The summed E-state index contributed by atoms with van der Waals surface area (Å²) in [6.45, 7) is 4.77. The zero-order valence-electron chi connectivity index (χ0n) is 9.26. The van der Waals surface area contributed by atoms with Crippen LogP contribution in [-0.2, 0) is 4.74 Å². The van der Waals surface area contributed by atoms with E-state index in [1.165, 1.54) is 0 Å². The SMILES string of the molecule is Cc1ncc([C@H](C#N)N2CCOCC2)cn1. The van der Waals surface area contributed by atoms with Gasteiger partial charge in [-0.25, -0.2) is 9.97 Å². The highest BCUT2D eigenvalue weighted by atomic mass is 16.5. The largest absolute Gasteiger partial charge is 0.379 e. The van der Waals surface area contributed by atoms with Gasteiger partial charge in [0.25, 0.3) is 0 Å². The maximum atomic E-state index is 9.21. The molecule has 0 amide bonds. The second kappa shape index (κ2) is 5.01. The molecule has 0 spiro atoms. The number of nitriles is 1. The summed E-state index contributed by atoms with van der Waals surface area (Å²) >= 11 is 0. The van der Waals surface area contributed by atoms with Crippen LogP contribution in [-0.4, -0.2) is 41.2 Å². The van der Waals surface area contributed by atoms with E-state index in [0.29, 0.717) is 13.2 Å². The monoisotopic (exact) mass is 218 g/mol. The molecule has 5 heteroatoms. The molecule has 0 saturated carbocycles. The first kappa shape index (κ1) is 11.0. The van der Waals surface area contributed by atoms with Crippen molar-refractivity contribution in [2.75, 3.05) is 26.3 Å². The molecular weight excluding hydrogens is 204 g/mol. The molecule has 5 nitrogen and oxygen atoms in total. The van der Waals surface area contributed by atoms with E-state index in [1.54, 1.807) is 12.4 Å². The van der Waals surface area contributed by atoms with Crippen LogP contribution in [0.5, 0.6) is 0 Å². The highest BCUT2D eigenvalue weighted by Gasteiger charge is 2.22. The molecule has 1 aliphatic rings. The number of ether oxygens (including phenoxy) is 1. The van der Waals surface area contributed by atoms with Crippen LogP contribution in [0.15, 0.2) is 12.4 Å². The quantitative estimate of drug-likeness (QED) is 0.730. The molecule has 1 aromatic heterocycles. The van der Waals surface area contributed by atoms with E-state index in [0.717, 1.165) is 24.5 Å². The van der Waals surface area contributed by atoms with E-state index in [2.05, 4.69) is 20.9 Å². The summed E-state index contributed by atoms with van der Waals surface area (Å²) < 4.78 is 5.27. The normalized spacial score (nSPS) is 19.0. The van der Waals surface area contributed by atoms with Crippen LogP contribution >= 0.6 is 0 Å². The van der Waals surface area contributed by atoms with Gasteiger partial charge in [0.1, 0.15) is 11.9 Å². The fraction of sp³-hybridized carbons (Fsp3) is 0.545. The third kappa shape index (κ3) is 2.35.